The highest BCUT2D eigenvalue weighted by atomic mass is 19.1. The zero-order chi connectivity index (χ0) is 14.1. The van der Waals surface area contributed by atoms with E-state index in [0.29, 0.717) is 5.75 Å². The van der Waals surface area contributed by atoms with Crippen molar-refractivity contribution in [3.63, 3.8) is 0 Å². The third-order valence-corrected chi connectivity index (χ3v) is 4.09. The number of rotatable bonds is 3. The normalized spacial score (nSPS) is 17.0. The van der Waals surface area contributed by atoms with Crippen molar-refractivity contribution in [2.75, 3.05) is 11.4 Å². The van der Waals surface area contributed by atoms with Crippen LogP contribution in [0.5, 0.6) is 5.75 Å². The highest BCUT2D eigenvalue weighted by molar-refractivity contribution is 5.53. The first-order valence-electron chi connectivity index (χ1n) is 7.03. The zero-order valence-corrected chi connectivity index (χ0v) is 11.5. The fourth-order valence-electron chi connectivity index (χ4n) is 3.15. The van der Waals surface area contributed by atoms with Crippen molar-refractivity contribution in [3.05, 3.63) is 59.4 Å². The van der Waals surface area contributed by atoms with Crippen LogP contribution in [-0.2, 0) is 6.42 Å². The van der Waals surface area contributed by atoms with Crippen molar-refractivity contribution in [2.24, 2.45) is 0 Å². The minimum atomic E-state index is -0.214. The lowest BCUT2D eigenvalue weighted by atomic mass is 10.1. The van der Waals surface area contributed by atoms with Gasteiger partial charge in [0.25, 0.3) is 0 Å². The fraction of sp³-hybridized carbons (Fsp3) is 0.294. The first-order valence-corrected chi connectivity index (χ1v) is 7.03. The highest BCUT2D eigenvalue weighted by Crippen LogP contribution is 2.41. The summed E-state index contributed by atoms with van der Waals surface area (Å²) in [7, 11) is 0. The molecule has 1 unspecified atom stereocenters. The second-order valence-electron chi connectivity index (χ2n) is 5.16. The molecule has 0 aliphatic heterocycles. The average Bonchev–Trinajstić information content (AvgIpc) is 2.87. The Morgan fingerprint density at radius 1 is 1.20 bits per heavy atom. The molecule has 0 heterocycles. The summed E-state index contributed by atoms with van der Waals surface area (Å²) in [6.45, 7) is 2.95. The number of fused-ring (bicyclic) bond motifs is 1. The van der Waals surface area contributed by atoms with E-state index in [2.05, 4.69) is 17.9 Å². The van der Waals surface area contributed by atoms with Crippen molar-refractivity contribution in [3.8, 4) is 5.75 Å². The van der Waals surface area contributed by atoms with Crippen LogP contribution in [0.25, 0.3) is 0 Å². The van der Waals surface area contributed by atoms with Crippen LogP contribution in [0.1, 0.15) is 30.5 Å². The molecule has 1 atom stereocenters. The molecule has 0 fully saturated rings. The van der Waals surface area contributed by atoms with E-state index in [-0.39, 0.29) is 11.9 Å². The van der Waals surface area contributed by atoms with E-state index in [4.69, 9.17) is 0 Å². The number of hydrogen-bond acceptors (Lipinski definition) is 2. The first kappa shape index (κ1) is 13.0. The molecule has 0 saturated carbocycles. The predicted molar refractivity (Wildman–Crippen MR) is 78.6 cm³/mol. The fourth-order valence-corrected chi connectivity index (χ4v) is 3.15. The number of phenols is 1. The molecule has 0 bridgehead atoms. The summed E-state index contributed by atoms with van der Waals surface area (Å²) in [5.41, 5.74) is 3.27. The van der Waals surface area contributed by atoms with Crippen molar-refractivity contribution in [1.29, 1.82) is 0 Å². The summed E-state index contributed by atoms with van der Waals surface area (Å²) in [5.74, 6) is 0.175. The topological polar surface area (TPSA) is 23.5 Å². The summed E-state index contributed by atoms with van der Waals surface area (Å²) >= 11 is 0. The molecule has 0 saturated heterocycles. The molecule has 104 valence electrons. The molecule has 3 heteroatoms. The molecular formula is C17H18FNO. The second kappa shape index (κ2) is 5.16. The van der Waals surface area contributed by atoms with Gasteiger partial charge < -0.3 is 10.0 Å². The molecule has 2 aromatic rings. The maximum atomic E-state index is 13.1. The molecule has 2 nitrogen and oxygen atoms in total. The number of phenolic OH excluding ortho intramolecular Hbond substituents is 1. The lowest BCUT2D eigenvalue weighted by molar-refractivity contribution is 0.469. The van der Waals surface area contributed by atoms with Crippen molar-refractivity contribution >= 4 is 5.69 Å². The van der Waals surface area contributed by atoms with Gasteiger partial charge in [0.2, 0.25) is 0 Å². The molecule has 20 heavy (non-hydrogen) atoms. The van der Waals surface area contributed by atoms with Crippen LogP contribution >= 0.6 is 0 Å². The number of aromatic hydroxyl groups is 1. The number of halogens is 1. The molecule has 1 N–H and O–H groups in total. The Morgan fingerprint density at radius 3 is 2.65 bits per heavy atom. The van der Waals surface area contributed by atoms with E-state index in [1.165, 1.54) is 17.7 Å². The van der Waals surface area contributed by atoms with Gasteiger partial charge in [0.1, 0.15) is 11.6 Å². The first-order chi connectivity index (χ1) is 9.70. The van der Waals surface area contributed by atoms with Crippen LogP contribution in [0.3, 0.4) is 0 Å². The van der Waals surface area contributed by atoms with Crippen LogP contribution in [0.2, 0.25) is 0 Å². The van der Waals surface area contributed by atoms with Crippen LogP contribution < -0.4 is 4.90 Å². The quantitative estimate of drug-likeness (QED) is 0.910. The number of nitrogens with zero attached hydrogens (tertiary/aromatic N) is 1. The van der Waals surface area contributed by atoms with Gasteiger partial charge in [0.05, 0.1) is 6.04 Å². The van der Waals surface area contributed by atoms with Gasteiger partial charge >= 0.3 is 0 Å². The summed E-state index contributed by atoms with van der Waals surface area (Å²) in [6.07, 6.45) is 1.88. The Bertz CT molecular complexity index is 609. The average molecular weight is 271 g/mol. The number of hydrogen-bond donors (Lipinski definition) is 1. The second-order valence-corrected chi connectivity index (χ2v) is 5.16. The standard InChI is InChI=1S/C17H18FNO/c1-2-19(13-8-6-12(18)7-9-13)16-11-10-15-14(16)4-3-5-17(15)20/h3-9,16,20H,2,10-11H2,1H3. The van der Waals surface area contributed by atoms with E-state index in [1.807, 2.05) is 18.2 Å². The van der Waals surface area contributed by atoms with E-state index in [9.17, 15) is 9.50 Å². The highest BCUT2D eigenvalue weighted by Gasteiger charge is 2.29. The molecule has 0 amide bonds. The van der Waals surface area contributed by atoms with Crippen LogP contribution in [0.4, 0.5) is 10.1 Å². The monoisotopic (exact) mass is 271 g/mol. The lowest BCUT2D eigenvalue weighted by Gasteiger charge is -2.30. The Morgan fingerprint density at radius 2 is 1.95 bits per heavy atom. The Kier molecular flexibility index (Phi) is 3.35. The molecule has 0 spiro atoms. The largest absolute Gasteiger partial charge is 0.508 e. The van der Waals surface area contributed by atoms with Crippen molar-refractivity contribution < 1.29 is 9.50 Å². The van der Waals surface area contributed by atoms with Gasteiger partial charge in [-0.3, -0.25) is 0 Å². The molecule has 3 rings (SSSR count). The summed E-state index contributed by atoms with van der Waals surface area (Å²) in [4.78, 5) is 2.27. The summed E-state index contributed by atoms with van der Waals surface area (Å²) in [5, 5.41) is 9.94. The Hall–Kier alpha value is -2.03. The smallest absolute Gasteiger partial charge is 0.123 e. The van der Waals surface area contributed by atoms with Gasteiger partial charge in [-0.1, -0.05) is 12.1 Å². The molecule has 0 radical (unpaired) electrons. The van der Waals surface area contributed by atoms with E-state index in [0.717, 1.165) is 30.6 Å². The molecule has 1 aliphatic carbocycles. The summed E-state index contributed by atoms with van der Waals surface area (Å²) < 4.78 is 13.1. The van der Waals surface area contributed by atoms with E-state index < -0.39 is 0 Å². The number of benzene rings is 2. The van der Waals surface area contributed by atoms with E-state index in [1.54, 1.807) is 6.07 Å². The SMILES string of the molecule is CCN(c1ccc(F)cc1)C1CCc2c(O)cccc21. The molecule has 1 aliphatic rings. The predicted octanol–water partition coefficient (Wildman–Crippen LogP) is 4.05. The molecular weight excluding hydrogens is 253 g/mol. The Labute approximate surface area is 118 Å². The van der Waals surface area contributed by atoms with E-state index >= 15 is 0 Å². The third-order valence-electron chi connectivity index (χ3n) is 4.09. The maximum absolute atomic E-state index is 13.1. The lowest BCUT2D eigenvalue weighted by Crippen LogP contribution is -2.26. The van der Waals surface area contributed by atoms with Gasteiger partial charge in [-0.15, -0.1) is 0 Å². The van der Waals surface area contributed by atoms with Gasteiger partial charge in [0, 0.05) is 12.2 Å². The van der Waals surface area contributed by atoms with Crippen LogP contribution in [0.15, 0.2) is 42.5 Å². The summed E-state index contributed by atoms with van der Waals surface area (Å²) in [6, 6.07) is 12.6. The van der Waals surface area contributed by atoms with Crippen LogP contribution in [0, 0.1) is 5.82 Å². The Balaban J connectivity index is 1.97. The third kappa shape index (κ3) is 2.13. The van der Waals surface area contributed by atoms with Crippen LogP contribution in [-0.4, -0.2) is 11.7 Å². The van der Waals surface area contributed by atoms with Crippen molar-refractivity contribution in [2.45, 2.75) is 25.8 Å². The minimum absolute atomic E-state index is 0.214. The maximum Gasteiger partial charge on any atom is 0.123 e. The molecule has 2 aromatic carbocycles. The molecule has 0 aromatic heterocycles. The zero-order valence-electron chi connectivity index (χ0n) is 11.5. The van der Waals surface area contributed by atoms with Gasteiger partial charge in [-0.05, 0) is 61.2 Å². The number of anilines is 1. The van der Waals surface area contributed by atoms with Gasteiger partial charge in [-0.25, -0.2) is 4.39 Å². The van der Waals surface area contributed by atoms with Crippen molar-refractivity contribution in [1.82, 2.24) is 0 Å². The van der Waals surface area contributed by atoms with Gasteiger partial charge in [-0.2, -0.15) is 0 Å². The minimum Gasteiger partial charge on any atom is -0.508 e. The van der Waals surface area contributed by atoms with Gasteiger partial charge in [0.15, 0.2) is 0 Å².